The number of aromatic nitrogens is 6. The molecule has 2 atom stereocenters. The summed E-state index contributed by atoms with van der Waals surface area (Å²) in [6.07, 6.45) is 8.68. The Morgan fingerprint density at radius 3 is 2.65 bits per heavy atom. The number of nitrogens with one attached hydrogen (secondary N) is 3. The molecule has 298 valence electrons. The highest BCUT2D eigenvalue weighted by molar-refractivity contribution is 6.02. The van der Waals surface area contributed by atoms with Crippen LogP contribution < -0.4 is 20.9 Å². The molecular formula is C40H48N12O5. The van der Waals surface area contributed by atoms with E-state index < -0.39 is 18.3 Å². The van der Waals surface area contributed by atoms with Crippen LogP contribution in [-0.2, 0) is 17.8 Å². The van der Waals surface area contributed by atoms with Gasteiger partial charge in [0.15, 0.2) is 5.65 Å². The second-order valence-electron chi connectivity index (χ2n) is 15.3. The lowest BCUT2D eigenvalue weighted by atomic mass is 10.0. The fraction of sp³-hybridized carbons (Fsp3) is 0.450. The molecular weight excluding hydrogens is 729 g/mol. The van der Waals surface area contributed by atoms with Crippen molar-refractivity contribution >= 4 is 40.6 Å². The number of piperazine rings is 1. The van der Waals surface area contributed by atoms with E-state index in [-0.39, 0.29) is 17.7 Å². The number of nitrogens with zero attached hydrogens (tertiary/aromatic N) is 9. The first-order valence-electron chi connectivity index (χ1n) is 19.7. The molecule has 2 fully saturated rings. The van der Waals surface area contributed by atoms with Crippen LogP contribution in [0.2, 0.25) is 0 Å². The fourth-order valence-electron chi connectivity index (χ4n) is 8.03. The number of aliphatic hydroxyl groups excluding tert-OH is 1. The highest BCUT2D eigenvalue weighted by Gasteiger charge is 2.39. The van der Waals surface area contributed by atoms with Crippen molar-refractivity contribution < 1.29 is 24.0 Å². The molecule has 8 rings (SSSR count). The average molecular weight is 777 g/mol. The zero-order valence-electron chi connectivity index (χ0n) is 32.4. The Kier molecular flexibility index (Phi) is 10.8. The number of hydrogen-bond acceptors (Lipinski definition) is 12. The van der Waals surface area contributed by atoms with E-state index in [1.54, 1.807) is 28.0 Å². The summed E-state index contributed by atoms with van der Waals surface area (Å²) in [5.74, 6) is 0.686. The Morgan fingerprint density at radius 2 is 1.86 bits per heavy atom. The van der Waals surface area contributed by atoms with Crippen molar-refractivity contribution in [3.63, 3.8) is 0 Å². The molecule has 2 unspecified atom stereocenters. The van der Waals surface area contributed by atoms with Gasteiger partial charge in [-0.05, 0) is 80.5 Å². The van der Waals surface area contributed by atoms with E-state index in [4.69, 9.17) is 4.52 Å². The largest absolute Gasteiger partial charge is 0.374 e. The monoisotopic (exact) mass is 776 g/mol. The number of pyridine rings is 1. The molecule has 3 aliphatic heterocycles. The highest BCUT2D eigenvalue weighted by atomic mass is 16.5. The lowest BCUT2D eigenvalue weighted by Gasteiger charge is -2.36. The van der Waals surface area contributed by atoms with Gasteiger partial charge in [0.05, 0.1) is 35.7 Å². The van der Waals surface area contributed by atoms with E-state index in [1.807, 2.05) is 45.0 Å². The lowest BCUT2D eigenvalue weighted by molar-refractivity contribution is -0.132. The third-order valence-corrected chi connectivity index (χ3v) is 11.0. The van der Waals surface area contributed by atoms with E-state index in [0.29, 0.717) is 65.8 Å². The summed E-state index contributed by atoms with van der Waals surface area (Å²) in [7, 11) is 0. The molecule has 2 saturated heterocycles. The first kappa shape index (κ1) is 38.0. The molecule has 17 heteroatoms. The van der Waals surface area contributed by atoms with E-state index in [1.165, 1.54) is 0 Å². The van der Waals surface area contributed by atoms with Crippen LogP contribution >= 0.6 is 0 Å². The van der Waals surface area contributed by atoms with Crippen LogP contribution in [0.1, 0.15) is 84.9 Å². The van der Waals surface area contributed by atoms with E-state index in [2.05, 4.69) is 57.0 Å². The number of amides is 4. The Balaban J connectivity index is 0.758. The number of fused-ring (bicyclic) bond motifs is 2. The van der Waals surface area contributed by atoms with Crippen molar-refractivity contribution in [2.75, 3.05) is 48.3 Å². The summed E-state index contributed by atoms with van der Waals surface area (Å²) in [5, 5.41) is 26.6. The number of aliphatic hydroxyl groups is 1. The summed E-state index contributed by atoms with van der Waals surface area (Å²) in [6, 6.07) is 8.68. The molecule has 0 saturated carbocycles. The molecule has 4 N–H and O–H groups in total. The second-order valence-corrected chi connectivity index (χ2v) is 15.3. The molecule has 1 aromatic carbocycles. The number of rotatable bonds is 12. The maximum atomic E-state index is 13.1. The third-order valence-electron chi connectivity index (χ3n) is 11.0. The molecule has 4 aromatic heterocycles. The van der Waals surface area contributed by atoms with Gasteiger partial charge in [0.1, 0.15) is 18.0 Å². The standard InChI is InChI=1S/C40H48N12O5/c1-24(2)36-30(22-41-32-12-13-43-52(32)36)45-40(56)44-27-19-25(3)35(42-21-27)37-47-34(57-48-37)7-5-4-6-14-49-15-17-50(18-16-49)28-8-9-29-26(20-28)23-51(39(29)55)31-10-11-33(53)46-38(31)54/h8-9,12-13,19-22,24,31,33,53H,4-7,10-11,14-18,23H2,1-3H3,(H,46,54)(H2,44,45,56). The molecule has 3 aliphatic rings. The minimum atomic E-state index is -0.841. The van der Waals surface area contributed by atoms with Crippen LogP contribution in [0.5, 0.6) is 0 Å². The zero-order chi connectivity index (χ0) is 39.6. The van der Waals surface area contributed by atoms with Crippen LogP contribution in [0.25, 0.3) is 17.2 Å². The van der Waals surface area contributed by atoms with Gasteiger partial charge in [-0.15, -0.1) is 0 Å². The van der Waals surface area contributed by atoms with Crippen molar-refractivity contribution in [3.8, 4) is 11.5 Å². The number of aryl methyl sites for hydroxylation is 2. The Hall–Kier alpha value is -5.94. The van der Waals surface area contributed by atoms with Crippen LogP contribution in [0.3, 0.4) is 0 Å². The number of carbonyl (C=O) groups excluding carboxylic acids is 3. The van der Waals surface area contributed by atoms with Crippen LogP contribution in [-0.4, -0.2) is 107 Å². The molecule has 5 aromatic rings. The quantitative estimate of drug-likeness (QED) is 0.131. The van der Waals surface area contributed by atoms with E-state index >= 15 is 0 Å². The lowest BCUT2D eigenvalue weighted by Crippen LogP contribution is -2.54. The average Bonchev–Trinajstić information content (AvgIpc) is 3.94. The third kappa shape index (κ3) is 8.16. The van der Waals surface area contributed by atoms with Crippen LogP contribution in [0, 0.1) is 6.92 Å². The number of unbranched alkanes of at least 4 members (excludes halogenated alkanes) is 2. The summed E-state index contributed by atoms with van der Waals surface area (Å²) in [6.45, 7) is 11.1. The predicted octanol–water partition coefficient (Wildman–Crippen LogP) is 4.34. The van der Waals surface area contributed by atoms with Crippen molar-refractivity contribution in [1.82, 2.24) is 44.8 Å². The van der Waals surface area contributed by atoms with Crippen LogP contribution in [0.4, 0.5) is 21.9 Å². The fourth-order valence-corrected chi connectivity index (χ4v) is 8.03. The van der Waals surface area contributed by atoms with Gasteiger partial charge >= 0.3 is 6.03 Å². The van der Waals surface area contributed by atoms with Gasteiger partial charge in [0, 0.05) is 56.5 Å². The number of carbonyl (C=O) groups is 3. The number of anilines is 3. The first-order valence-corrected chi connectivity index (χ1v) is 19.7. The van der Waals surface area contributed by atoms with E-state index in [0.717, 1.165) is 74.5 Å². The highest BCUT2D eigenvalue weighted by Crippen LogP contribution is 2.31. The minimum absolute atomic E-state index is 0.105. The van der Waals surface area contributed by atoms with Crippen LogP contribution in [0.15, 0.2) is 53.4 Å². The van der Waals surface area contributed by atoms with Crippen molar-refractivity contribution in [2.24, 2.45) is 0 Å². The van der Waals surface area contributed by atoms with Crippen molar-refractivity contribution in [2.45, 2.75) is 84.0 Å². The van der Waals surface area contributed by atoms with Gasteiger partial charge < -0.3 is 35.4 Å². The molecule has 0 spiro atoms. The molecule has 0 radical (unpaired) electrons. The summed E-state index contributed by atoms with van der Waals surface area (Å²) in [5.41, 5.74) is 6.78. The molecule has 4 amide bonds. The smallest absolute Gasteiger partial charge is 0.323 e. The molecule has 57 heavy (non-hydrogen) atoms. The molecule has 17 nitrogen and oxygen atoms in total. The summed E-state index contributed by atoms with van der Waals surface area (Å²) < 4.78 is 7.30. The number of piperidine rings is 1. The summed E-state index contributed by atoms with van der Waals surface area (Å²) >= 11 is 0. The maximum absolute atomic E-state index is 13.1. The molecule has 7 heterocycles. The molecule has 0 bridgehead atoms. The maximum Gasteiger partial charge on any atom is 0.323 e. The van der Waals surface area contributed by atoms with Crippen molar-refractivity contribution in [1.29, 1.82) is 0 Å². The first-order chi connectivity index (χ1) is 27.6. The van der Waals surface area contributed by atoms with E-state index in [9.17, 15) is 19.5 Å². The van der Waals surface area contributed by atoms with Gasteiger partial charge in [-0.2, -0.15) is 10.1 Å². The topological polar surface area (TPSA) is 199 Å². The predicted molar refractivity (Wildman–Crippen MR) is 212 cm³/mol. The van der Waals surface area contributed by atoms with Crippen molar-refractivity contribution in [3.05, 3.63) is 77.2 Å². The number of urea groups is 1. The Morgan fingerprint density at radius 1 is 1.02 bits per heavy atom. The van der Waals surface area contributed by atoms with Gasteiger partial charge in [-0.25, -0.2) is 14.3 Å². The zero-order valence-corrected chi connectivity index (χ0v) is 32.4. The van der Waals surface area contributed by atoms with Gasteiger partial charge in [-0.1, -0.05) is 25.4 Å². The Bertz CT molecular complexity index is 2280. The second kappa shape index (κ2) is 16.3. The normalized spacial score (nSPS) is 18.7. The number of benzene rings is 1. The van der Waals surface area contributed by atoms with Gasteiger partial charge in [0.25, 0.3) is 5.91 Å². The number of hydrogen-bond donors (Lipinski definition) is 4. The molecule has 0 aliphatic carbocycles. The van der Waals surface area contributed by atoms with Gasteiger partial charge in [0.2, 0.25) is 17.6 Å². The summed E-state index contributed by atoms with van der Waals surface area (Å²) in [4.78, 5) is 58.5. The van der Waals surface area contributed by atoms with Gasteiger partial charge in [-0.3, -0.25) is 19.5 Å². The minimum Gasteiger partial charge on any atom is -0.374 e. The SMILES string of the molecule is Cc1cc(NC(=O)Nc2cnc3ccnn3c2C(C)C)cnc1-c1noc(CCCCCN2CCN(c3ccc4c(c3)CN(C3CCC(O)NC3=O)C4=O)CC2)n1. The Labute approximate surface area is 329 Å².